The van der Waals surface area contributed by atoms with Crippen LogP contribution in [-0.2, 0) is 19.5 Å². The van der Waals surface area contributed by atoms with E-state index in [9.17, 15) is 0 Å². The topological polar surface area (TPSA) is 265 Å². The smallest absolute Gasteiger partial charge is 1.00 e. The van der Waals surface area contributed by atoms with Crippen LogP contribution in [0.15, 0.2) is 0 Å². The fraction of sp³-hybridized carbons (Fsp3) is 0. The third-order valence-corrected chi connectivity index (χ3v) is 0. The summed E-state index contributed by atoms with van der Waals surface area (Å²) in [6.45, 7) is 0. The molecule has 0 amide bonds. The summed E-state index contributed by atoms with van der Waals surface area (Å²) in [5.74, 6) is 0. The fourth-order valence-corrected chi connectivity index (χ4v) is 0. The second-order valence-corrected chi connectivity index (χ2v) is 4.42. The molecule has 0 unspecified atom stereocenters. The van der Waals surface area contributed by atoms with Gasteiger partial charge in [-0.3, -0.25) is 9.11 Å². The zero-order valence-electron chi connectivity index (χ0n) is 9.22. The minimum absolute atomic E-state index is 0. The Labute approximate surface area is 139 Å². The van der Waals surface area contributed by atoms with Gasteiger partial charge in [-0.25, -0.2) is 9.13 Å². The Balaban J connectivity index is -0.0000000277. The molecule has 0 aromatic heterocycles. The van der Waals surface area contributed by atoms with Gasteiger partial charge in [0.25, 0.3) is 0 Å². The van der Waals surface area contributed by atoms with Crippen LogP contribution in [0, 0.1) is 0 Å². The minimum atomic E-state index is -4.67. The van der Waals surface area contributed by atoms with Gasteiger partial charge in [-0.15, -0.1) is 0 Å². The maximum atomic E-state index is 8.88. The van der Waals surface area contributed by atoms with Crippen molar-refractivity contribution in [1.82, 2.24) is 6.15 Å². The summed E-state index contributed by atoms with van der Waals surface area (Å²) < 4.78 is 49.3. The van der Waals surface area contributed by atoms with E-state index in [0.29, 0.717) is 0 Å². The molecular formula is H12KNO12P2S. The van der Waals surface area contributed by atoms with E-state index >= 15 is 0 Å². The molecule has 13 nitrogen and oxygen atoms in total. The Bertz CT molecular complexity index is 295. The molecule has 0 radical (unpaired) electrons. The van der Waals surface area contributed by atoms with E-state index in [0.717, 1.165) is 0 Å². The van der Waals surface area contributed by atoms with Gasteiger partial charge in [-0.05, 0) is 0 Å². The maximum Gasteiger partial charge on any atom is 1.00 e. The van der Waals surface area contributed by atoms with Gasteiger partial charge in [0.2, 0.25) is 0 Å². The molecule has 0 fully saturated rings. The summed E-state index contributed by atoms with van der Waals surface area (Å²) >= 11 is 0. The Hall–Kier alpha value is 1.69. The average Bonchev–Trinajstić information content (AvgIpc) is 1.41. The summed E-state index contributed by atoms with van der Waals surface area (Å²) in [5.41, 5.74) is 0. The van der Waals surface area contributed by atoms with Crippen LogP contribution in [0.2, 0.25) is 0 Å². The van der Waals surface area contributed by atoms with E-state index in [1.165, 1.54) is 0 Å². The molecule has 0 saturated carbocycles. The summed E-state index contributed by atoms with van der Waals surface area (Å²) in [6, 6.07) is 0. The monoisotopic (exact) mass is 351 g/mol. The molecule has 0 spiro atoms. The van der Waals surface area contributed by atoms with Crippen molar-refractivity contribution in [2.45, 2.75) is 0 Å². The second kappa shape index (κ2) is 12.7. The quantitative estimate of drug-likeness (QED) is 0.112. The van der Waals surface area contributed by atoms with Crippen LogP contribution in [0.1, 0.15) is 1.43 Å². The molecule has 0 aliphatic carbocycles. The molecule has 0 bridgehead atoms. The van der Waals surface area contributed by atoms with Gasteiger partial charge in [0.1, 0.15) is 0 Å². The van der Waals surface area contributed by atoms with Crippen LogP contribution in [0.4, 0.5) is 0 Å². The van der Waals surface area contributed by atoms with E-state index in [4.69, 9.17) is 56.0 Å². The van der Waals surface area contributed by atoms with Gasteiger partial charge in [0, 0.05) is 0 Å². The van der Waals surface area contributed by atoms with Crippen molar-refractivity contribution < 1.29 is 109 Å². The van der Waals surface area contributed by atoms with E-state index in [1.807, 2.05) is 0 Å². The SMILES string of the molecule is N.O=P(O)(O)O.O=P(O)(O)O.O=S(=O)(O)O.[H-].[K+]. The van der Waals surface area contributed by atoms with Gasteiger partial charge in [0.15, 0.2) is 0 Å². The van der Waals surface area contributed by atoms with Crippen molar-refractivity contribution in [2.24, 2.45) is 0 Å². The van der Waals surface area contributed by atoms with E-state index < -0.39 is 26.0 Å². The van der Waals surface area contributed by atoms with Gasteiger partial charge < -0.3 is 36.9 Å². The molecule has 0 saturated heterocycles. The number of hydrogen-bond donors (Lipinski definition) is 9. The molecule has 0 aromatic rings. The van der Waals surface area contributed by atoms with E-state index in [2.05, 4.69) is 0 Å². The molecule has 0 aliphatic rings. The Kier molecular flexibility index (Phi) is 23.3. The van der Waals surface area contributed by atoms with Crippen LogP contribution in [0.25, 0.3) is 0 Å². The number of phosphoric acid groups is 2. The molecule has 11 N–H and O–H groups in total. The van der Waals surface area contributed by atoms with Crippen molar-refractivity contribution >= 4 is 26.0 Å². The van der Waals surface area contributed by atoms with E-state index in [-0.39, 0.29) is 59.0 Å². The maximum absolute atomic E-state index is 8.88. The summed E-state index contributed by atoms with van der Waals surface area (Å²) in [6.07, 6.45) is 0. The first-order valence-corrected chi connectivity index (χ1v) is 6.79. The molecule has 106 valence electrons. The summed E-state index contributed by atoms with van der Waals surface area (Å²) in [5, 5.41) is 0. The molecule has 17 heteroatoms. The molecule has 0 aromatic carbocycles. The van der Waals surface area contributed by atoms with Crippen LogP contribution < -0.4 is 57.5 Å². The molecule has 0 aliphatic heterocycles. The predicted molar refractivity (Wildman–Crippen MR) is 48.8 cm³/mol. The van der Waals surface area contributed by atoms with Crippen LogP contribution in [-0.4, -0.2) is 46.9 Å². The average molecular weight is 351 g/mol. The van der Waals surface area contributed by atoms with Crippen molar-refractivity contribution in [1.29, 1.82) is 0 Å². The van der Waals surface area contributed by atoms with Gasteiger partial charge >= 0.3 is 77.4 Å². The molecule has 0 heterocycles. The molecule has 0 rings (SSSR count). The summed E-state index contributed by atoms with van der Waals surface area (Å²) in [7, 11) is -13.9. The van der Waals surface area contributed by atoms with Crippen molar-refractivity contribution in [3.8, 4) is 0 Å². The van der Waals surface area contributed by atoms with Gasteiger partial charge in [-0.1, -0.05) is 0 Å². The Morgan fingerprint density at radius 3 is 0.765 bits per heavy atom. The molecule has 17 heavy (non-hydrogen) atoms. The predicted octanol–water partition coefficient (Wildman–Crippen LogP) is -5.23. The van der Waals surface area contributed by atoms with E-state index in [1.54, 1.807) is 0 Å². The first-order chi connectivity index (χ1) is 6.00. The molecular weight excluding hydrogens is 339 g/mol. The fourth-order valence-electron chi connectivity index (χ4n) is 0. The number of hydrogen-bond acceptors (Lipinski definition) is 5. The third-order valence-electron chi connectivity index (χ3n) is 0. The second-order valence-electron chi connectivity index (χ2n) is 1.47. The van der Waals surface area contributed by atoms with Gasteiger partial charge in [-0.2, -0.15) is 8.42 Å². The van der Waals surface area contributed by atoms with Gasteiger partial charge in [0.05, 0.1) is 0 Å². The van der Waals surface area contributed by atoms with Crippen LogP contribution >= 0.6 is 15.6 Å². The first kappa shape index (κ1) is 31.2. The normalized spacial score (nSPS) is 10.4. The Morgan fingerprint density at radius 1 is 0.765 bits per heavy atom. The summed E-state index contributed by atoms with van der Waals surface area (Å²) in [4.78, 5) is 43.1. The zero-order chi connectivity index (χ0) is 13.5. The standard InChI is InChI=1S/K.H3N.2H3O4P.H2O4S.H/c;;3*1-5(2,3)4;/h;1H3;2*(H3,1,2,3,4);(H2,1,2,3,4);/q+1;;;;;-1. The van der Waals surface area contributed by atoms with Crippen LogP contribution in [0.5, 0.6) is 0 Å². The van der Waals surface area contributed by atoms with Crippen molar-refractivity contribution in [3.63, 3.8) is 0 Å². The van der Waals surface area contributed by atoms with Crippen molar-refractivity contribution in [2.75, 3.05) is 0 Å². The zero-order valence-corrected chi connectivity index (χ0v) is 13.9. The Morgan fingerprint density at radius 2 is 0.765 bits per heavy atom. The van der Waals surface area contributed by atoms with Crippen LogP contribution in [0.3, 0.4) is 0 Å². The number of rotatable bonds is 0. The molecule has 0 atom stereocenters. The minimum Gasteiger partial charge on any atom is -1.00 e. The third kappa shape index (κ3) is 1530. The largest absolute Gasteiger partial charge is 1.00 e. The van der Waals surface area contributed by atoms with Crippen molar-refractivity contribution in [3.05, 3.63) is 0 Å². The first-order valence-electron chi connectivity index (χ1n) is 2.26.